The molecule has 3 rings (SSSR count). The van der Waals surface area contributed by atoms with Crippen molar-refractivity contribution in [2.75, 3.05) is 0 Å². The van der Waals surface area contributed by atoms with Crippen molar-refractivity contribution in [2.24, 2.45) is 4.99 Å². The predicted octanol–water partition coefficient (Wildman–Crippen LogP) is 3.64. The van der Waals surface area contributed by atoms with Gasteiger partial charge in [0.15, 0.2) is 5.70 Å². The van der Waals surface area contributed by atoms with Crippen LogP contribution in [0.3, 0.4) is 0 Å². The van der Waals surface area contributed by atoms with Gasteiger partial charge < -0.3 is 4.74 Å². The zero-order chi connectivity index (χ0) is 13.9. The van der Waals surface area contributed by atoms with E-state index in [0.717, 1.165) is 14.7 Å². The molecular weight excluding hydrogens is 365 g/mol. The van der Waals surface area contributed by atoms with E-state index in [4.69, 9.17) is 4.74 Å². The largest absolute Gasteiger partial charge is 0.402 e. The third kappa shape index (κ3) is 2.80. The van der Waals surface area contributed by atoms with Crippen molar-refractivity contribution in [3.63, 3.8) is 0 Å². The Kier molecular flexibility index (Phi) is 3.64. The molecule has 0 fully saturated rings. The van der Waals surface area contributed by atoms with Gasteiger partial charge in [-0.25, -0.2) is 9.79 Å². The monoisotopic (exact) mass is 375 g/mol. The fourth-order valence-electron chi connectivity index (χ4n) is 1.83. The summed E-state index contributed by atoms with van der Waals surface area (Å²) in [6.07, 6.45) is 1.73. The van der Waals surface area contributed by atoms with Crippen molar-refractivity contribution in [3.8, 4) is 0 Å². The van der Waals surface area contributed by atoms with E-state index in [0.29, 0.717) is 11.6 Å². The highest BCUT2D eigenvalue weighted by atomic mass is 127. The van der Waals surface area contributed by atoms with Crippen molar-refractivity contribution in [1.82, 2.24) is 0 Å². The normalized spacial score (nSPS) is 16.1. The maximum absolute atomic E-state index is 11.8. The molecule has 0 bridgehead atoms. The first-order chi connectivity index (χ1) is 9.72. The van der Waals surface area contributed by atoms with E-state index in [1.165, 1.54) is 0 Å². The van der Waals surface area contributed by atoms with Crippen molar-refractivity contribution >= 4 is 40.5 Å². The summed E-state index contributed by atoms with van der Waals surface area (Å²) in [4.78, 5) is 16.1. The first-order valence-electron chi connectivity index (χ1n) is 6.06. The summed E-state index contributed by atoms with van der Waals surface area (Å²) in [5, 5.41) is 0. The number of nitrogens with zero attached hydrogens (tertiary/aromatic N) is 1. The lowest BCUT2D eigenvalue weighted by Gasteiger charge is -1.97. The second-order valence-electron chi connectivity index (χ2n) is 4.25. The molecule has 0 N–H and O–H groups in total. The summed E-state index contributed by atoms with van der Waals surface area (Å²) >= 11 is 2.24. The van der Waals surface area contributed by atoms with Crippen LogP contribution in [0, 0.1) is 3.57 Å². The van der Waals surface area contributed by atoms with Crippen LogP contribution in [-0.4, -0.2) is 11.9 Å². The Labute approximate surface area is 130 Å². The summed E-state index contributed by atoms with van der Waals surface area (Å²) in [6, 6.07) is 17.2. The molecule has 0 aliphatic carbocycles. The van der Waals surface area contributed by atoms with E-state index in [2.05, 4.69) is 27.6 Å². The number of halogens is 1. The zero-order valence-electron chi connectivity index (χ0n) is 10.4. The van der Waals surface area contributed by atoms with Crippen molar-refractivity contribution in [2.45, 2.75) is 0 Å². The lowest BCUT2D eigenvalue weighted by atomic mass is 10.2. The van der Waals surface area contributed by atoms with Gasteiger partial charge in [0.05, 0.1) is 0 Å². The van der Waals surface area contributed by atoms with E-state index < -0.39 is 5.97 Å². The first-order valence-corrected chi connectivity index (χ1v) is 7.14. The number of hydrogen-bond donors (Lipinski definition) is 0. The minimum Gasteiger partial charge on any atom is -0.402 e. The standard InChI is InChI=1S/C16H10INO2/c17-13-8-6-11(7-9-13)10-14-16(19)20-15(18-14)12-4-2-1-3-5-12/h1-10H/b14-10-. The van der Waals surface area contributed by atoms with Crippen molar-refractivity contribution in [1.29, 1.82) is 0 Å². The minimum absolute atomic E-state index is 0.324. The molecule has 3 nitrogen and oxygen atoms in total. The lowest BCUT2D eigenvalue weighted by Crippen LogP contribution is -2.04. The molecule has 0 aromatic heterocycles. The van der Waals surface area contributed by atoms with Gasteiger partial charge in [-0.1, -0.05) is 30.3 Å². The van der Waals surface area contributed by atoms with Crippen molar-refractivity contribution < 1.29 is 9.53 Å². The molecule has 0 amide bonds. The molecule has 0 spiro atoms. The Hall–Kier alpha value is -1.95. The Morgan fingerprint density at radius 2 is 1.70 bits per heavy atom. The molecule has 1 heterocycles. The first kappa shape index (κ1) is 13.1. The van der Waals surface area contributed by atoms with Crippen LogP contribution in [0.5, 0.6) is 0 Å². The molecule has 0 saturated carbocycles. The van der Waals surface area contributed by atoms with Crippen LogP contribution in [0.2, 0.25) is 0 Å². The SMILES string of the molecule is O=C1OC(c2ccccc2)=N/C1=C\c1ccc(I)cc1. The number of ether oxygens (including phenoxy) is 1. The zero-order valence-corrected chi connectivity index (χ0v) is 12.6. The highest BCUT2D eigenvalue weighted by molar-refractivity contribution is 14.1. The van der Waals surface area contributed by atoms with Gasteiger partial charge in [0.2, 0.25) is 5.90 Å². The van der Waals surface area contributed by atoms with Gasteiger partial charge in [0.25, 0.3) is 0 Å². The van der Waals surface area contributed by atoms with Gasteiger partial charge >= 0.3 is 5.97 Å². The molecule has 4 heteroatoms. The predicted molar refractivity (Wildman–Crippen MR) is 86.2 cm³/mol. The molecule has 0 atom stereocenters. The van der Waals surface area contributed by atoms with Gasteiger partial charge in [-0.15, -0.1) is 0 Å². The fourth-order valence-corrected chi connectivity index (χ4v) is 2.19. The number of carbonyl (C=O) groups is 1. The Morgan fingerprint density at radius 3 is 2.40 bits per heavy atom. The molecule has 98 valence electrons. The van der Waals surface area contributed by atoms with Crippen LogP contribution in [0.1, 0.15) is 11.1 Å². The second kappa shape index (κ2) is 5.58. The average molecular weight is 375 g/mol. The molecule has 0 saturated heterocycles. The third-order valence-corrected chi connectivity index (χ3v) is 3.53. The van der Waals surface area contributed by atoms with Crippen LogP contribution >= 0.6 is 22.6 Å². The summed E-state index contributed by atoms with van der Waals surface area (Å²) in [5.74, 6) is -0.0604. The second-order valence-corrected chi connectivity index (χ2v) is 5.50. The maximum atomic E-state index is 11.8. The molecule has 2 aromatic carbocycles. The molecule has 1 aliphatic heterocycles. The number of esters is 1. The summed E-state index contributed by atoms with van der Waals surface area (Å²) in [7, 11) is 0. The van der Waals surface area contributed by atoms with Crippen LogP contribution in [-0.2, 0) is 9.53 Å². The molecule has 1 aliphatic rings. The number of benzene rings is 2. The van der Waals surface area contributed by atoms with Gasteiger partial charge in [-0.05, 0) is 58.5 Å². The number of cyclic esters (lactones) is 1. The van der Waals surface area contributed by atoms with Crippen LogP contribution in [0.4, 0.5) is 0 Å². The highest BCUT2D eigenvalue weighted by Crippen LogP contribution is 2.19. The fraction of sp³-hybridized carbons (Fsp3) is 0. The summed E-state index contributed by atoms with van der Waals surface area (Å²) < 4.78 is 6.34. The van der Waals surface area contributed by atoms with Crippen LogP contribution < -0.4 is 0 Å². The van der Waals surface area contributed by atoms with Gasteiger partial charge in [0, 0.05) is 9.13 Å². The van der Waals surface area contributed by atoms with E-state index in [-0.39, 0.29) is 0 Å². The summed E-state index contributed by atoms with van der Waals surface area (Å²) in [5.41, 5.74) is 2.05. The van der Waals surface area contributed by atoms with Gasteiger partial charge in [-0.2, -0.15) is 0 Å². The molecule has 20 heavy (non-hydrogen) atoms. The van der Waals surface area contributed by atoms with E-state index in [1.807, 2.05) is 54.6 Å². The number of rotatable bonds is 2. The van der Waals surface area contributed by atoms with Crippen LogP contribution in [0.25, 0.3) is 6.08 Å². The molecule has 2 aromatic rings. The highest BCUT2D eigenvalue weighted by Gasteiger charge is 2.23. The van der Waals surface area contributed by atoms with E-state index in [9.17, 15) is 4.79 Å². The molecular formula is C16H10INO2. The lowest BCUT2D eigenvalue weighted by molar-refractivity contribution is -0.129. The maximum Gasteiger partial charge on any atom is 0.363 e. The smallest absolute Gasteiger partial charge is 0.363 e. The van der Waals surface area contributed by atoms with Gasteiger partial charge in [0.1, 0.15) is 0 Å². The number of hydrogen-bond acceptors (Lipinski definition) is 3. The van der Waals surface area contributed by atoms with Crippen molar-refractivity contribution in [3.05, 3.63) is 75.0 Å². The van der Waals surface area contributed by atoms with Gasteiger partial charge in [-0.3, -0.25) is 0 Å². The van der Waals surface area contributed by atoms with E-state index >= 15 is 0 Å². The average Bonchev–Trinajstić information content (AvgIpc) is 2.84. The minimum atomic E-state index is -0.414. The number of aliphatic imine (C=N–C) groups is 1. The summed E-state index contributed by atoms with van der Waals surface area (Å²) in [6.45, 7) is 0. The Bertz CT molecular complexity index is 703. The topological polar surface area (TPSA) is 38.7 Å². The quantitative estimate of drug-likeness (QED) is 0.457. The Balaban J connectivity index is 1.92. The van der Waals surface area contributed by atoms with Crippen LogP contribution in [0.15, 0.2) is 65.3 Å². The molecule has 0 radical (unpaired) electrons. The van der Waals surface area contributed by atoms with E-state index in [1.54, 1.807) is 6.08 Å². The molecule has 0 unspecified atom stereocenters. The third-order valence-electron chi connectivity index (χ3n) is 2.81. The number of carbonyl (C=O) groups excluding carboxylic acids is 1. The Morgan fingerprint density at radius 1 is 1.00 bits per heavy atom.